The quantitative estimate of drug-likeness (QED) is 0.180. The Bertz CT molecular complexity index is 1410. The molecule has 2 aromatic carbocycles. The van der Waals surface area contributed by atoms with E-state index in [9.17, 15) is 14.9 Å². The number of esters is 1. The fourth-order valence-electron chi connectivity index (χ4n) is 4.05. The van der Waals surface area contributed by atoms with Gasteiger partial charge in [-0.1, -0.05) is 41.4 Å². The molecule has 0 fully saturated rings. The second-order valence-electron chi connectivity index (χ2n) is 8.37. The molecule has 0 aliphatic heterocycles. The average molecular weight is 555 g/mol. The van der Waals surface area contributed by atoms with Crippen molar-refractivity contribution in [3.63, 3.8) is 0 Å². The summed E-state index contributed by atoms with van der Waals surface area (Å²) >= 11 is 13.4. The highest BCUT2D eigenvalue weighted by molar-refractivity contribution is 7.17. The van der Waals surface area contributed by atoms with E-state index in [0.717, 1.165) is 41.7 Å². The predicted molar refractivity (Wildman–Crippen MR) is 146 cm³/mol. The van der Waals surface area contributed by atoms with E-state index in [-0.39, 0.29) is 18.8 Å². The number of rotatable bonds is 8. The number of ether oxygens (including phenoxy) is 2. The Morgan fingerprint density at radius 1 is 1.14 bits per heavy atom. The van der Waals surface area contributed by atoms with Crippen molar-refractivity contribution in [1.82, 2.24) is 0 Å². The molecule has 1 N–H and O–H groups in total. The lowest BCUT2D eigenvalue weighted by molar-refractivity contribution is -0.112. The molecule has 0 atom stereocenters. The minimum atomic E-state index is -0.589. The van der Waals surface area contributed by atoms with E-state index < -0.39 is 11.9 Å². The van der Waals surface area contributed by atoms with E-state index in [1.807, 2.05) is 12.1 Å². The van der Waals surface area contributed by atoms with Gasteiger partial charge in [-0.15, -0.1) is 11.3 Å². The highest BCUT2D eigenvalue weighted by Gasteiger charge is 2.27. The van der Waals surface area contributed by atoms with Crippen LogP contribution in [-0.4, -0.2) is 18.5 Å². The molecule has 9 heteroatoms. The zero-order chi connectivity index (χ0) is 26.4. The molecule has 0 unspecified atom stereocenters. The lowest BCUT2D eigenvalue weighted by Crippen LogP contribution is -2.16. The molecule has 0 spiro atoms. The van der Waals surface area contributed by atoms with Gasteiger partial charge in [0.05, 0.1) is 22.2 Å². The number of carbonyl (C=O) groups excluding carboxylic acids is 2. The Morgan fingerprint density at radius 2 is 1.95 bits per heavy atom. The Balaban J connectivity index is 1.51. The first kappa shape index (κ1) is 26.7. The lowest BCUT2D eigenvalue weighted by atomic mass is 9.95. The number of nitrogens with one attached hydrogen (secondary N) is 1. The first-order chi connectivity index (χ1) is 17.9. The van der Waals surface area contributed by atoms with Crippen LogP contribution in [-0.2, 0) is 29.0 Å². The molecule has 0 radical (unpaired) electrons. The molecule has 0 saturated carbocycles. The van der Waals surface area contributed by atoms with Crippen molar-refractivity contribution in [2.45, 2.75) is 39.2 Å². The molecule has 1 aromatic heterocycles. The molecule has 37 heavy (non-hydrogen) atoms. The maximum Gasteiger partial charge on any atom is 0.341 e. The average Bonchev–Trinajstić information content (AvgIpc) is 3.26. The van der Waals surface area contributed by atoms with Crippen LogP contribution in [0.15, 0.2) is 48.0 Å². The molecule has 0 bridgehead atoms. The van der Waals surface area contributed by atoms with Crippen LogP contribution < -0.4 is 10.1 Å². The van der Waals surface area contributed by atoms with Crippen molar-refractivity contribution in [3.05, 3.63) is 85.2 Å². The van der Waals surface area contributed by atoms with Crippen molar-refractivity contribution in [1.29, 1.82) is 5.26 Å². The summed E-state index contributed by atoms with van der Waals surface area (Å²) in [6, 6.07) is 14.3. The molecule has 1 heterocycles. The van der Waals surface area contributed by atoms with Gasteiger partial charge in [-0.2, -0.15) is 5.26 Å². The number of halogens is 2. The normalized spacial score (nSPS) is 12.9. The number of nitrogens with zero attached hydrogens (tertiary/aromatic N) is 1. The van der Waals surface area contributed by atoms with E-state index in [2.05, 4.69) is 5.32 Å². The summed E-state index contributed by atoms with van der Waals surface area (Å²) in [4.78, 5) is 26.8. The van der Waals surface area contributed by atoms with Crippen LogP contribution in [0, 0.1) is 11.3 Å². The number of aryl methyl sites for hydroxylation is 1. The Kier molecular flexibility index (Phi) is 8.88. The first-order valence-electron chi connectivity index (χ1n) is 11.8. The number of fused-ring (bicyclic) bond motifs is 1. The molecule has 0 saturated heterocycles. The van der Waals surface area contributed by atoms with Crippen LogP contribution >= 0.6 is 34.5 Å². The summed E-state index contributed by atoms with van der Waals surface area (Å²) in [5, 5.41) is 13.8. The van der Waals surface area contributed by atoms with Crippen LogP contribution in [0.4, 0.5) is 5.00 Å². The highest BCUT2D eigenvalue weighted by atomic mass is 35.5. The van der Waals surface area contributed by atoms with E-state index in [4.69, 9.17) is 32.7 Å². The minimum absolute atomic E-state index is 0.0946. The number of amides is 1. The van der Waals surface area contributed by atoms with Gasteiger partial charge >= 0.3 is 5.97 Å². The SMILES string of the molecule is CCOC(=O)c1c(NC(=O)/C(C#N)=C/c2cccc(OCc3ccc(Cl)c(Cl)c3)c2)sc2c1CCCC2. The van der Waals surface area contributed by atoms with E-state index >= 15 is 0 Å². The molecule has 1 aliphatic rings. The zero-order valence-electron chi connectivity index (χ0n) is 20.1. The lowest BCUT2D eigenvalue weighted by Gasteiger charge is -2.12. The monoisotopic (exact) mass is 554 g/mol. The maximum atomic E-state index is 13.0. The van der Waals surface area contributed by atoms with Crippen molar-refractivity contribution in [3.8, 4) is 11.8 Å². The van der Waals surface area contributed by atoms with Crippen LogP contribution in [0.1, 0.15) is 51.7 Å². The summed E-state index contributed by atoms with van der Waals surface area (Å²) in [5.41, 5.74) is 2.73. The smallest absolute Gasteiger partial charge is 0.341 e. The van der Waals surface area contributed by atoms with Gasteiger partial charge in [0, 0.05) is 4.88 Å². The molecule has 4 rings (SSSR count). The highest BCUT2D eigenvalue weighted by Crippen LogP contribution is 2.39. The topological polar surface area (TPSA) is 88.4 Å². The summed E-state index contributed by atoms with van der Waals surface area (Å²) in [5.74, 6) is -0.478. The summed E-state index contributed by atoms with van der Waals surface area (Å²) in [7, 11) is 0. The van der Waals surface area contributed by atoms with Gasteiger partial charge in [0.25, 0.3) is 5.91 Å². The van der Waals surface area contributed by atoms with Gasteiger partial charge in [-0.3, -0.25) is 4.79 Å². The fraction of sp³-hybridized carbons (Fsp3) is 0.250. The molecule has 190 valence electrons. The largest absolute Gasteiger partial charge is 0.489 e. The summed E-state index contributed by atoms with van der Waals surface area (Å²) in [6.45, 7) is 2.26. The number of hydrogen-bond donors (Lipinski definition) is 1. The van der Waals surface area contributed by atoms with Crippen molar-refractivity contribution in [2.24, 2.45) is 0 Å². The van der Waals surface area contributed by atoms with Crippen LogP contribution in [0.5, 0.6) is 5.75 Å². The standard InChI is InChI=1S/C28H24Cl2N2O4S/c1-2-35-28(34)25-21-8-3-4-9-24(21)37-27(25)32-26(33)19(15-31)12-17-6-5-7-20(13-17)36-16-18-10-11-22(29)23(30)14-18/h5-7,10-14H,2-4,8-9,16H2,1H3,(H,32,33)/b19-12+. The van der Waals surface area contributed by atoms with Crippen molar-refractivity contribution >= 4 is 57.5 Å². The number of hydrogen-bond acceptors (Lipinski definition) is 6. The third kappa shape index (κ3) is 6.53. The van der Waals surface area contributed by atoms with Gasteiger partial charge in [-0.25, -0.2) is 4.79 Å². The van der Waals surface area contributed by atoms with Crippen LogP contribution in [0.2, 0.25) is 10.0 Å². The van der Waals surface area contributed by atoms with E-state index in [1.54, 1.807) is 43.3 Å². The molecule has 6 nitrogen and oxygen atoms in total. The zero-order valence-corrected chi connectivity index (χ0v) is 22.4. The third-order valence-electron chi connectivity index (χ3n) is 5.80. The number of benzene rings is 2. The molecular formula is C28H24Cl2N2O4S. The fourth-order valence-corrected chi connectivity index (χ4v) is 5.64. The third-order valence-corrected chi connectivity index (χ3v) is 7.75. The van der Waals surface area contributed by atoms with Gasteiger partial charge in [0.1, 0.15) is 29.0 Å². The van der Waals surface area contributed by atoms with Gasteiger partial charge < -0.3 is 14.8 Å². The Morgan fingerprint density at radius 3 is 2.70 bits per heavy atom. The second-order valence-corrected chi connectivity index (χ2v) is 10.3. The Labute approximate surface area is 229 Å². The number of nitriles is 1. The molecule has 1 aliphatic carbocycles. The Hall–Kier alpha value is -3.31. The summed E-state index contributed by atoms with van der Waals surface area (Å²) in [6.07, 6.45) is 5.13. The van der Waals surface area contributed by atoms with Crippen molar-refractivity contribution in [2.75, 3.05) is 11.9 Å². The van der Waals surface area contributed by atoms with Crippen LogP contribution in [0.25, 0.3) is 6.08 Å². The van der Waals surface area contributed by atoms with Crippen LogP contribution in [0.3, 0.4) is 0 Å². The minimum Gasteiger partial charge on any atom is -0.489 e. The molecule has 3 aromatic rings. The van der Waals surface area contributed by atoms with Gasteiger partial charge in [0.2, 0.25) is 0 Å². The number of thiophene rings is 1. The van der Waals surface area contributed by atoms with Crippen molar-refractivity contribution < 1.29 is 19.1 Å². The number of carbonyl (C=O) groups is 2. The van der Waals surface area contributed by atoms with E-state index in [0.29, 0.717) is 31.9 Å². The number of anilines is 1. The van der Waals surface area contributed by atoms with Gasteiger partial charge in [-0.05, 0) is 79.6 Å². The summed E-state index contributed by atoms with van der Waals surface area (Å²) < 4.78 is 11.1. The second kappa shape index (κ2) is 12.3. The van der Waals surface area contributed by atoms with E-state index in [1.165, 1.54) is 17.4 Å². The maximum absolute atomic E-state index is 13.0. The predicted octanol–water partition coefficient (Wildman–Crippen LogP) is 7.24. The first-order valence-corrected chi connectivity index (χ1v) is 13.4. The molecular weight excluding hydrogens is 531 g/mol. The van der Waals surface area contributed by atoms with Gasteiger partial charge in [0.15, 0.2) is 0 Å². The molecule has 1 amide bonds.